The van der Waals surface area contributed by atoms with E-state index in [1.54, 1.807) is 25.1 Å². The minimum atomic E-state index is -0.354. The number of ether oxygens (including phenoxy) is 1. The molecule has 7 heteroatoms. The molecule has 0 radical (unpaired) electrons. The molecule has 1 aromatic carbocycles. The van der Waals surface area contributed by atoms with Gasteiger partial charge < -0.3 is 10.1 Å². The van der Waals surface area contributed by atoms with E-state index in [4.69, 9.17) is 16.3 Å². The fraction of sp³-hybridized carbons (Fsp3) is 0.176. The Kier molecular flexibility index (Phi) is 4.59. The minimum Gasteiger partial charge on any atom is -0.495 e. The average Bonchev–Trinajstić information content (AvgIpc) is 3.15. The summed E-state index contributed by atoms with van der Waals surface area (Å²) < 4.78 is 5.30. The van der Waals surface area contributed by atoms with Gasteiger partial charge in [0.05, 0.1) is 18.4 Å². The van der Waals surface area contributed by atoms with Crippen LogP contribution in [0.5, 0.6) is 5.75 Å². The number of imide groups is 1. The van der Waals surface area contributed by atoms with E-state index in [9.17, 15) is 9.59 Å². The summed E-state index contributed by atoms with van der Waals surface area (Å²) in [6.07, 6.45) is 0. The topological polar surface area (TPSA) is 58.6 Å². The van der Waals surface area contributed by atoms with E-state index in [1.807, 2.05) is 17.5 Å². The smallest absolute Gasteiger partial charge is 0.278 e. The van der Waals surface area contributed by atoms with Crippen molar-refractivity contribution in [2.24, 2.45) is 0 Å². The van der Waals surface area contributed by atoms with Gasteiger partial charge in [-0.2, -0.15) is 0 Å². The fourth-order valence-electron chi connectivity index (χ4n) is 2.54. The number of halogens is 1. The molecule has 1 aromatic heterocycles. The monoisotopic (exact) mass is 362 g/mol. The average molecular weight is 363 g/mol. The first-order valence-corrected chi connectivity index (χ1v) is 8.57. The molecule has 0 spiro atoms. The number of hydrogen-bond donors (Lipinski definition) is 1. The molecule has 0 atom stereocenters. The number of carbonyl (C=O) groups excluding carboxylic acids is 2. The molecule has 0 saturated heterocycles. The van der Waals surface area contributed by atoms with Gasteiger partial charge in [-0.1, -0.05) is 17.7 Å². The van der Waals surface area contributed by atoms with Crippen molar-refractivity contribution in [2.75, 3.05) is 19.0 Å². The van der Waals surface area contributed by atoms with Gasteiger partial charge in [-0.15, -0.1) is 11.3 Å². The first-order chi connectivity index (χ1) is 11.6. The van der Waals surface area contributed by atoms with E-state index in [0.29, 0.717) is 28.6 Å². The molecule has 0 fully saturated rings. The van der Waals surface area contributed by atoms with Crippen LogP contribution in [0.4, 0.5) is 5.69 Å². The number of anilines is 1. The van der Waals surface area contributed by atoms with Gasteiger partial charge in [0, 0.05) is 16.4 Å². The van der Waals surface area contributed by atoms with Crippen LogP contribution in [-0.2, 0) is 9.59 Å². The zero-order valence-electron chi connectivity index (χ0n) is 13.1. The highest BCUT2D eigenvalue weighted by molar-refractivity contribution is 7.11. The number of nitrogens with one attached hydrogen (secondary N) is 1. The highest BCUT2D eigenvalue weighted by Gasteiger charge is 2.38. The lowest BCUT2D eigenvalue weighted by atomic mass is 10.2. The zero-order valence-corrected chi connectivity index (χ0v) is 14.7. The maximum atomic E-state index is 12.7. The van der Waals surface area contributed by atoms with Crippen LogP contribution in [0.3, 0.4) is 0 Å². The largest absolute Gasteiger partial charge is 0.495 e. The molecular formula is C17H15ClN2O3S. The third-order valence-corrected chi connectivity index (χ3v) is 4.80. The summed E-state index contributed by atoms with van der Waals surface area (Å²) in [5, 5.41) is 5.42. The number of likely N-dealkylation sites (N-methyl/N-ethyl adjacent to an activating group) is 1. The van der Waals surface area contributed by atoms with Crippen molar-refractivity contribution in [1.29, 1.82) is 0 Å². The Balaban J connectivity index is 2.10. The van der Waals surface area contributed by atoms with Gasteiger partial charge in [0.1, 0.15) is 11.4 Å². The summed E-state index contributed by atoms with van der Waals surface area (Å²) in [6.45, 7) is 2.08. The lowest BCUT2D eigenvalue weighted by Gasteiger charge is -2.14. The molecule has 2 aromatic rings. The maximum absolute atomic E-state index is 12.7. The van der Waals surface area contributed by atoms with Crippen LogP contribution in [-0.4, -0.2) is 30.4 Å². The van der Waals surface area contributed by atoms with Gasteiger partial charge >= 0.3 is 0 Å². The van der Waals surface area contributed by atoms with Crippen molar-refractivity contribution in [3.63, 3.8) is 0 Å². The van der Waals surface area contributed by atoms with Crippen molar-refractivity contribution in [3.8, 4) is 5.75 Å². The summed E-state index contributed by atoms with van der Waals surface area (Å²) in [5.74, 6) is -0.117. The van der Waals surface area contributed by atoms with Crippen LogP contribution in [0.2, 0.25) is 5.02 Å². The quantitative estimate of drug-likeness (QED) is 0.825. The summed E-state index contributed by atoms with van der Waals surface area (Å²) >= 11 is 7.46. The Morgan fingerprint density at radius 3 is 2.67 bits per heavy atom. The molecule has 0 bridgehead atoms. The predicted octanol–water partition coefficient (Wildman–Crippen LogP) is 3.62. The normalized spacial score (nSPS) is 14.5. The molecule has 2 heterocycles. The lowest BCUT2D eigenvalue weighted by Crippen LogP contribution is -2.32. The van der Waals surface area contributed by atoms with Crippen LogP contribution in [0.15, 0.2) is 41.4 Å². The number of methoxy groups -OCH3 is 1. The number of carbonyl (C=O) groups is 2. The lowest BCUT2D eigenvalue weighted by molar-refractivity contribution is -0.136. The van der Waals surface area contributed by atoms with E-state index in [2.05, 4.69) is 5.32 Å². The molecule has 3 rings (SSSR count). The van der Waals surface area contributed by atoms with E-state index < -0.39 is 0 Å². The Hall–Kier alpha value is -2.31. The third-order valence-electron chi connectivity index (χ3n) is 3.67. The van der Waals surface area contributed by atoms with E-state index in [0.717, 1.165) is 4.88 Å². The summed E-state index contributed by atoms with van der Waals surface area (Å²) in [5.41, 5.74) is 1.15. The summed E-state index contributed by atoms with van der Waals surface area (Å²) in [4.78, 5) is 27.2. The molecular weight excluding hydrogens is 348 g/mol. The Morgan fingerprint density at radius 1 is 1.25 bits per heavy atom. The molecule has 0 saturated carbocycles. The number of amides is 2. The molecule has 0 unspecified atom stereocenters. The van der Waals surface area contributed by atoms with E-state index >= 15 is 0 Å². The zero-order chi connectivity index (χ0) is 17.3. The SMILES string of the molecule is CCN1C(=O)C(Nc2cc(Cl)ccc2OC)=C(c2cccs2)C1=O. The van der Waals surface area contributed by atoms with Crippen LogP contribution in [0.25, 0.3) is 5.57 Å². The molecule has 0 aliphatic carbocycles. The second kappa shape index (κ2) is 6.67. The minimum absolute atomic E-state index is 0.241. The molecule has 24 heavy (non-hydrogen) atoms. The molecule has 5 nitrogen and oxygen atoms in total. The Bertz CT molecular complexity index is 830. The van der Waals surface area contributed by atoms with Crippen molar-refractivity contribution >= 4 is 46.0 Å². The van der Waals surface area contributed by atoms with Crippen molar-refractivity contribution in [2.45, 2.75) is 6.92 Å². The number of nitrogens with zero attached hydrogens (tertiary/aromatic N) is 1. The highest BCUT2D eigenvalue weighted by atomic mass is 35.5. The first-order valence-electron chi connectivity index (χ1n) is 7.31. The summed E-state index contributed by atoms with van der Waals surface area (Å²) in [7, 11) is 1.53. The van der Waals surface area contributed by atoms with Crippen molar-refractivity contribution < 1.29 is 14.3 Å². The second-order valence-corrected chi connectivity index (χ2v) is 6.44. The standard InChI is InChI=1S/C17H15ClN2O3S/c1-3-20-16(21)14(13-5-4-8-24-13)15(17(20)22)19-11-9-10(18)6-7-12(11)23-2/h4-9,19H,3H2,1-2H3. The van der Waals surface area contributed by atoms with E-state index in [1.165, 1.54) is 23.3 Å². The highest BCUT2D eigenvalue weighted by Crippen LogP contribution is 2.35. The van der Waals surface area contributed by atoms with Gasteiger partial charge in [0.25, 0.3) is 11.8 Å². The maximum Gasteiger partial charge on any atom is 0.278 e. The fourth-order valence-corrected chi connectivity index (χ4v) is 3.48. The summed E-state index contributed by atoms with van der Waals surface area (Å²) in [6, 6.07) is 8.72. The van der Waals surface area contributed by atoms with Gasteiger partial charge in [-0.05, 0) is 36.6 Å². The Labute approximate surface area is 148 Å². The number of rotatable bonds is 5. The van der Waals surface area contributed by atoms with Gasteiger partial charge in [0.2, 0.25) is 0 Å². The van der Waals surface area contributed by atoms with E-state index in [-0.39, 0.29) is 17.5 Å². The van der Waals surface area contributed by atoms with Gasteiger partial charge in [-0.3, -0.25) is 14.5 Å². The molecule has 1 N–H and O–H groups in total. The Morgan fingerprint density at radius 2 is 2.04 bits per heavy atom. The van der Waals surface area contributed by atoms with Gasteiger partial charge in [0.15, 0.2) is 0 Å². The van der Waals surface area contributed by atoms with Crippen molar-refractivity contribution in [3.05, 3.63) is 51.3 Å². The van der Waals surface area contributed by atoms with Gasteiger partial charge in [-0.25, -0.2) is 0 Å². The molecule has 124 valence electrons. The second-order valence-electron chi connectivity index (χ2n) is 5.05. The van der Waals surface area contributed by atoms with Crippen LogP contribution >= 0.6 is 22.9 Å². The number of hydrogen-bond acceptors (Lipinski definition) is 5. The van der Waals surface area contributed by atoms with Crippen LogP contribution in [0, 0.1) is 0 Å². The molecule has 1 aliphatic rings. The number of benzene rings is 1. The first kappa shape index (κ1) is 16.5. The van der Waals surface area contributed by atoms with Crippen LogP contribution < -0.4 is 10.1 Å². The van der Waals surface area contributed by atoms with Crippen LogP contribution in [0.1, 0.15) is 11.8 Å². The number of thiophene rings is 1. The molecule has 2 amide bonds. The predicted molar refractivity (Wildman–Crippen MR) is 95.3 cm³/mol. The third kappa shape index (κ3) is 2.79. The van der Waals surface area contributed by atoms with Crippen molar-refractivity contribution in [1.82, 2.24) is 4.90 Å². The molecule has 1 aliphatic heterocycles.